The lowest BCUT2D eigenvalue weighted by atomic mass is 9.61. The third-order valence-electron chi connectivity index (χ3n) is 34.1. The number of fused-ring (bicyclic) bond motifs is 4. The molecule has 3 aromatic rings. The number of methoxy groups -OCH3 is 2. The molecular formula is C109H171F2O4P. The van der Waals surface area contributed by atoms with Gasteiger partial charge in [-0.05, 0) is 351 Å². The van der Waals surface area contributed by atoms with Gasteiger partial charge in [0.25, 0.3) is 6.08 Å². The minimum atomic E-state index is -1.90. The number of ether oxygens (including phenoxy) is 2. The SMILES string of the molecule is CCCCCC1CCC(C2CCC3C/C(=C\OC)CCC3C2)CC1.CCCCCC1CCC(C2CCC3CC(=O)CCC3C2)CC1.CCCCCC1CCC(C2CCC3CC(C=C(F)F)CCC3C2)CC1.CCCCCC1CCC(C2CCC3CC(C=O)CCC3C2)CC1.COC=P(c1ccccc1)(c1ccccc1)c1ccccc1. The van der Waals surface area contributed by atoms with Crippen molar-refractivity contribution in [2.75, 3.05) is 14.2 Å². The Labute approximate surface area is 711 Å². The van der Waals surface area contributed by atoms with Crippen molar-refractivity contribution < 1.29 is 27.8 Å². The molecule has 12 saturated carbocycles. The summed E-state index contributed by atoms with van der Waals surface area (Å²) in [6.07, 6.45) is 81.6. The number of carbonyl (C=O) groups is 2. The molecule has 0 heterocycles. The lowest BCUT2D eigenvalue weighted by Crippen LogP contribution is -2.34. The van der Waals surface area contributed by atoms with Gasteiger partial charge >= 0.3 is 0 Å². The van der Waals surface area contributed by atoms with Gasteiger partial charge in [0, 0.05) is 31.9 Å². The van der Waals surface area contributed by atoms with Crippen LogP contribution in [0.2, 0.25) is 0 Å². The molecule has 116 heavy (non-hydrogen) atoms. The maximum atomic E-state index is 12.5. The smallest absolute Gasteiger partial charge is 0.266 e. The number of rotatable bonds is 27. The Morgan fingerprint density at radius 3 is 0.966 bits per heavy atom. The Morgan fingerprint density at radius 2 is 0.629 bits per heavy atom. The molecule has 0 aliphatic heterocycles. The topological polar surface area (TPSA) is 52.6 Å². The molecule has 12 fully saturated rings. The van der Waals surface area contributed by atoms with Gasteiger partial charge in [0.15, 0.2) is 0 Å². The van der Waals surface area contributed by atoms with Gasteiger partial charge in [0.1, 0.15) is 12.1 Å². The van der Waals surface area contributed by atoms with Crippen molar-refractivity contribution in [2.24, 2.45) is 130 Å². The normalized spacial score (nSPS) is 34.2. The predicted octanol–water partition coefficient (Wildman–Crippen LogP) is 31.1. The van der Waals surface area contributed by atoms with Crippen LogP contribution in [0, 0.1) is 130 Å². The van der Waals surface area contributed by atoms with E-state index in [1.165, 1.54) is 330 Å². The van der Waals surface area contributed by atoms with Crippen molar-refractivity contribution in [2.45, 2.75) is 387 Å². The van der Waals surface area contributed by atoms with Gasteiger partial charge in [-0.2, -0.15) is 8.78 Å². The monoisotopic (exact) mass is 1610 g/mol. The van der Waals surface area contributed by atoms with Crippen LogP contribution in [0.15, 0.2) is 115 Å². The van der Waals surface area contributed by atoms with E-state index in [-0.39, 0.29) is 5.92 Å². The zero-order valence-electron chi connectivity index (χ0n) is 75.1. The quantitative estimate of drug-likeness (QED) is 0.0330. The van der Waals surface area contributed by atoms with E-state index < -0.39 is 13.0 Å². The molecule has 4 nitrogen and oxygen atoms in total. The first-order valence-corrected chi connectivity index (χ1v) is 52.4. The lowest BCUT2D eigenvalue weighted by Gasteiger charge is -2.45. The van der Waals surface area contributed by atoms with Gasteiger partial charge in [0.05, 0.1) is 13.4 Å². The van der Waals surface area contributed by atoms with Gasteiger partial charge in [0.2, 0.25) is 0 Å². The number of unbranched alkanes of at least 4 members (excludes halogenated alkanes) is 8. The summed E-state index contributed by atoms with van der Waals surface area (Å²) >= 11 is 0. The molecule has 0 spiro atoms. The largest absolute Gasteiger partial charge is 0.504 e. The second-order valence-corrected chi connectivity index (χ2v) is 44.5. The lowest BCUT2D eigenvalue weighted by molar-refractivity contribution is -0.123. The predicted molar refractivity (Wildman–Crippen MR) is 493 cm³/mol. The van der Waals surface area contributed by atoms with E-state index in [1.807, 2.05) is 12.2 Å². The molecule has 15 rings (SSSR count). The molecule has 12 aliphatic carbocycles. The highest BCUT2D eigenvalue weighted by Gasteiger charge is 2.43. The average Bonchev–Trinajstić information content (AvgIpc) is 0.757. The summed E-state index contributed by atoms with van der Waals surface area (Å²) in [5.74, 6) is 22.6. The molecule has 0 radical (unpaired) electrons. The summed E-state index contributed by atoms with van der Waals surface area (Å²) in [6, 6.07) is 31.9. The van der Waals surface area contributed by atoms with Crippen LogP contribution in [0.25, 0.3) is 0 Å². The molecule has 14 atom stereocenters. The van der Waals surface area contributed by atoms with E-state index in [0.29, 0.717) is 11.7 Å². The van der Waals surface area contributed by atoms with Gasteiger partial charge in [-0.1, -0.05) is 273 Å². The standard InChI is InChI=1S/C23H38F2.C23H40O.C22H38O.C21H36O.C20H19OP/c1-2-3-4-5-17-6-9-19(10-7-17)21-13-12-20-14-18(15-23(24)25)8-11-22(20)16-21;1-3-4-5-6-18-7-10-20(11-8-18)22-14-13-21-15-19(17-24-2)9-12-23(21)16-22;1-2-3-4-5-17-6-9-19(10-7-17)21-13-12-20-14-18(16-23)8-11-22(20)15-21;1-2-3-4-5-16-6-8-17(9-7-16)18-10-11-20-15-21(22)13-12-19(20)14-18;1-21-17-22(18-11-5-2-6-12-18,19-13-7-3-8-14-19)20-15-9-4-10-16-20/h15,17-22H,2-14,16H2,1H3;17-18,20-23H,3-16H2,1-2H3;16-22H,2-15H2,1H3;16-20H,2-15H2,1H3;2-17H,1H3/b;19-17-;;;. The third kappa shape index (κ3) is 28.5. The first-order chi connectivity index (χ1) is 56.9. The van der Waals surface area contributed by atoms with Gasteiger partial charge in [-0.25, -0.2) is 0 Å². The first-order valence-electron chi connectivity index (χ1n) is 50.5. The molecule has 0 amide bonds. The van der Waals surface area contributed by atoms with E-state index in [9.17, 15) is 18.4 Å². The Bertz CT molecular complexity index is 3170. The zero-order chi connectivity index (χ0) is 81.1. The second-order valence-electron chi connectivity index (χ2n) is 41.3. The maximum absolute atomic E-state index is 12.5. The Morgan fingerprint density at radius 1 is 0.336 bits per heavy atom. The summed E-state index contributed by atoms with van der Waals surface area (Å²) in [4.78, 5) is 22.7. The van der Waals surface area contributed by atoms with Crippen LogP contribution < -0.4 is 15.9 Å². The van der Waals surface area contributed by atoms with Crippen molar-refractivity contribution in [3.63, 3.8) is 0 Å². The van der Waals surface area contributed by atoms with Crippen molar-refractivity contribution in [1.82, 2.24) is 0 Å². The van der Waals surface area contributed by atoms with Crippen LogP contribution in [0.1, 0.15) is 387 Å². The molecule has 0 saturated heterocycles. The summed E-state index contributed by atoms with van der Waals surface area (Å²) < 4.78 is 35.9. The van der Waals surface area contributed by atoms with Crippen molar-refractivity contribution in [3.05, 3.63) is 115 Å². The summed E-state index contributed by atoms with van der Waals surface area (Å²) in [5, 5.41) is 3.90. The number of hydrogen-bond donors (Lipinski definition) is 0. The van der Waals surface area contributed by atoms with E-state index in [0.717, 1.165) is 144 Å². The average molecular weight is 1610 g/mol. The van der Waals surface area contributed by atoms with Gasteiger partial charge < -0.3 is 14.3 Å². The summed E-state index contributed by atoms with van der Waals surface area (Å²) in [6.45, 7) is 7.35. The summed E-state index contributed by atoms with van der Waals surface area (Å²) in [7, 11) is 3.54. The van der Waals surface area contributed by atoms with E-state index in [4.69, 9.17) is 9.47 Å². The number of carbonyl (C=O) groups excluding carboxylic acids is 2. The fourth-order valence-corrected chi connectivity index (χ4v) is 30.7. The van der Waals surface area contributed by atoms with Crippen LogP contribution in [-0.4, -0.2) is 32.3 Å². The van der Waals surface area contributed by atoms with E-state index in [2.05, 4.69) is 119 Å². The number of aldehydes is 1. The minimum absolute atomic E-state index is 0.154. The molecular weight excluding hydrogens is 1440 g/mol. The fraction of sp³-hybridized carbons (Fsp3) is 0.771. The van der Waals surface area contributed by atoms with E-state index >= 15 is 0 Å². The van der Waals surface area contributed by atoms with Crippen molar-refractivity contribution >= 4 is 40.9 Å². The van der Waals surface area contributed by atoms with Crippen LogP contribution in [0.3, 0.4) is 0 Å². The van der Waals surface area contributed by atoms with Gasteiger partial charge in [-0.15, -0.1) is 0 Å². The highest BCUT2D eigenvalue weighted by Crippen LogP contribution is 2.55. The molecule has 12 aliphatic rings. The number of halogens is 2. The number of ketones is 1. The Balaban J connectivity index is 0.000000143. The van der Waals surface area contributed by atoms with E-state index in [1.54, 1.807) is 51.9 Å². The fourth-order valence-electron chi connectivity index (χ4n) is 27.2. The highest BCUT2D eigenvalue weighted by atomic mass is 31.2. The molecule has 14 unspecified atom stereocenters. The Kier molecular flexibility index (Phi) is 40.8. The molecule has 3 aromatic carbocycles. The van der Waals surface area contributed by atoms with Crippen molar-refractivity contribution in [1.29, 1.82) is 0 Å². The first kappa shape index (κ1) is 93.1. The van der Waals surface area contributed by atoms with Crippen molar-refractivity contribution in [3.8, 4) is 0 Å². The van der Waals surface area contributed by atoms with Crippen LogP contribution >= 0.6 is 6.89 Å². The maximum Gasteiger partial charge on any atom is 0.266 e. The molecule has 0 N–H and O–H groups in total. The Hall–Kier alpha value is -3.60. The molecule has 7 heteroatoms. The third-order valence-corrected chi connectivity index (χ3v) is 37.9. The van der Waals surface area contributed by atoms with Crippen LogP contribution in [0.4, 0.5) is 8.78 Å². The number of hydrogen-bond acceptors (Lipinski definition) is 4. The van der Waals surface area contributed by atoms with Crippen LogP contribution in [0.5, 0.6) is 0 Å². The number of Topliss-reactive ketones (excluding diaryl/α,β-unsaturated/α-hetero) is 1. The highest BCUT2D eigenvalue weighted by molar-refractivity contribution is 7.94. The zero-order valence-corrected chi connectivity index (χ0v) is 76.0. The van der Waals surface area contributed by atoms with Gasteiger partial charge in [-0.3, -0.25) is 4.79 Å². The molecule has 650 valence electrons. The second kappa shape index (κ2) is 50.9. The molecule has 0 aromatic heterocycles. The van der Waals surface area contributed by atoms with Crippen LogP contribution in [-0.2, 0) is 19.1 Å². The number of allylic oxidation sites excluding steroid dienone is 2. The summed E-state index contributed by atoms with van der Waals surface area (Å²) in [5.41, 5.74) is 1.57. The number of benzene rings is 3. The molecule has 0 bridgehead atoms. The minimum Gasteiger partial charge on any atom is -0.504 e.